The summed E-state index contributed by atoms with van der Waals surface area (Å²) in [6.07, 6.45) is 5.65. The van der Waals surface area contributed by atoms with Crippen molar-refractivity contribution in [3.05, 3.63) is 48.2 Å². The Morgan fingerprint density at radius 2 is 1.88 bits per heavy atom. The Labute approximate surface area is 174 Å². The van der Waals surface area contributed by atoms with Crippen molar-refractivity contribution in [1.82, 2.24) is 4.98 Å². The molecule has 1 aliphatic rings. The first-order valence-electron chi connectivity index (χ1n) is 8.88. The summed E-state index contributed by atoms with van der Waals surface area (Å²) in [5, 5.41) is 1.20. The van der Waals surface area contributed by atoms with E-state index >= 15 is 0 Å². The molecule has 3 rings (SSSR count). The molecular formula is C21H26ClLiN2O. The number of hydrogen-bond acceptors (Lipinski definition) is 3. The van der Waals surface area contributed by atoms with Crippen molar-refractivity contribution in [3.63, 3.8) is 0 Å². The second kappa shape index (κ2) is 10.2. The molecule has 2 heterocycles. The minimum atomic E-state index is 0. The number of fused-ring (bicyclic) bond motifs is 1. The van der Waals surface area contributed by atoms with Gasteiger partial charge in [-0.05, 0) is 43.9 Å². The van der Waals surface area contributed by atoms with Gasteiger partial charge in [0.05, 0.1) is 5.52 Å². The first-order valence-corrected chi connectivity index (χ1v) is 8.88. The van der Waals surface area contributed by atoms with Gasteiger partial charge >= 0.3 is 18.9 Å². The molecule has 0 aliphatic carbocycles. The van der Waals surface area contributed by atoms with Crippen LogP contribution < -0.4 is 36.2 Å². The Kier molecular flexibility index (Phi) is 8.90. The van der Waals surface area contributed by atoms with Gasteiger partial charge in [0.15, 0.2) is 5.78 Å². The normalized spacial score (nSPS) is 15.2. The maximum Gasteiger partial charge on any atom is 1.00 e. The second-order valence-electron chi connectivity index (χ2n) is 7.07. The molecule has 1 saturated heterocycles. The summed E-state index contributed by atoms with van der Waals surface area (Å²) in [4.78, 5) is 19.3. The van der Waals surface area contributed by atoms with Crippen molar-refractivity contribution in [2.45, 2.75) is 33.6 Å². The average Bonchev–Trinajstić information content (AvgIpc) is 2.59. The molecule has 0 saturated carbocycles. The average molecular weight is 365 g/mol. The maximum absolute atomic E-state index is 12.3. The largest absolute Gasteiger partial charge is 1.00 e. The van der Waals surface area contributed by atoms with Crippen LogP contribution in [-0.2, 0) is 4.79 Å². The Morgan fingerprint density at radius 1 is 1.23 bits per heavy atom. The van der Waals surface area contributed by atoms with Gasteiger partial charge in [-0.25, -0.2) is 0 Å². The van der Waals surface area contributed by atoms with Gasteiger partial charge in [-0.3, -0.25) is 9.78 Å². The molecule has 134 valence electrons. The van der Waals surface area contributed by atoms with E-state index in [1.165, 1.54) is 11.1 Å². The number of hydrogen-bond donors (Lipinski definition) is 0. The van der Waals surface area contributed by atoms with Crippen LogP contribution >= 0.6 is 0 Å². The Balaban J connectivity index is 0.00000169. The minimum absolute atomic E-state index is 0. The maximum atomic E-state index is 12.3. The predicted octanol–water partition coefficient (Wildman–Crippen LogP) is -1.45. The summed E-state index contributed by atoms with van der Waals surface area (Å²) in [6, 6.07) is 10.5. The number of aryl methyl sites for hydroxylation is 1. The van der Waals surface area contributed by atoms with Crippen molar-refractivity contribution in [2.75, 3.05) is 18.0 Å². The number of benzene rings is 1. The third kappa shape index (κ3) is 5.36. The number of piperidine rings is 1. The molecule has 26 heavy (non-hydrogen) atoms. The van der Waals surface area contributed by atoms with Crippen LogP contribution in [-0.4, -0.2) is 23.9 Å². The monoisotopic (exact) mass is 364 g/mol. The van der Waals surface area contributed by atoms with Gasteiger partial charge in [0.1, 0.15) is 0 Å². The van der Waals surface area contributed by atoms with E-state index in [-0.39, 0.29) is 37.2 Å². The fourth-order valence-corrected chi connectivity index (χ4v) is 3.38. The summed E-state index contributed by atoms with van der Waals surface area (Å²) < 4.78 is 0. The third-order valence-corrected chi connectivity index (χ3v) is 4.71. The van der Waals surface area contributed by atoms with Gasteiger partial charge in [-0.1, -0.05) is 38.1 Å². The fourth-order valence-electron chi connectivity index (χ4n) is 3.38. The number of halogens is 1. The van der Waals surface area contributed by atoms with E-state index in [9.17, 15) is 4.79 Å². The summed E-state index contributed by atoms with van der Waals surface area (Å²) in [7, 11) is 0. The standard InChI is InChI=1S/C21H26N2O.ClH.Li/c1-15(2)8-9-21(24)17-10-12-23(13-11-17)20-14-16(3)22-19-7-5-4-6-18(19)20;;/h4-9,14-15,17H,10-13H2,1-3H3;1H;/q;;+1/p-1. The summed E-state index contributed by atoms with van der Waals surface area (Å²) in [5.74, 6) is 0.893. The SMILES string of the molecule is Cc1cc(N2CCC(C(=O)C=CC(C)C)CC2)c2ccccc2n1.[Cl-].[Li+]. The zero-order valence-electron chi connectivity index (χ0n) is 16.2. The molecule has 2 aromatic rings. The molecule has 5 heteroatoms. The first kappa shape index (κ1) is 22.8. The molecule has 0 N–H and O–H groups in total. The molecule has 0 unspecified atom stereocenters. The van der Waals surface area contributed by atoms with E-state index in [1.54, 1.807) is 6.08 Å². The number of anilines is 1. The van der Waals surface area contributed by atoms with E-state index in [2.05, 4.69) is 48.0 Å². The van der Waals surface area contributed by atoms with Crippen LogP contribution in [0.1, 0.15) is 32.4 Å². The van der Waals surface area contributed by atoms with Gasteiger partial charge in [0, 0.05) is 35.8 Å². The quantitative estimate of drug-likeness (QED) is 0.491. The number of allylic oxidation sites excluding steroid dienone is 2. The van der Waals surface area contributed by atoms with Crippen LogP contribution in [0.2, 0.25) is 0 Å². The summed E-state index contributed by atoms with van der Waals surface area (Å²) in [5.41, 5.74) is 3.34. The number of carbonyl (C=O) groups excluding carboxylic acids is 1. The number of ketones is 1. The van der Waals surface area contributed by atoms with Crippen molar-refractivity contribution >= 4 is 22.4 Å². The summed E-state index contributed by atoms with van der Waals surface area (Å²) in [6.45, 7) is 8.11. The van der Waals surface area contributed by atoms with Gasteiger partial charge in [0.25, 0.3) is 0 Å². The zero-order valence-corrected chi connectivity index (χ0v) is 17.0. The van der Waals surface area contributed by atoms with Gasteiger partial charge in [-0.15, -0.1) is 0 Å². The third-order valence-electron chi connectivity index (χ3n) is 4.71. The van der Waals surface area contributed by atoms with Crippen LogP contribution in [0.25, 0.3) is 10.9 Å². The molecule has 0 atom stereocenters. The van der Waals surface area contributed by atoms with Crippen LogP contribution in [0, 0.1) is 18.8 Å². The molecular weight excluding hydrogens is 339 g/mol. The minimum Gasteiger partial charge on any atom is -1.00 e. The number of rotatable bonds is 4. The van der Waals surface area contributed by atoms with E-state index in [4.69, 9.17) is 0 Å². The zero-order chi connectivity index (χ0) is 17.1. The first-order chi connectivity index (χ1) is 11.5. The Hall–Kier alpha value is -1.27. The number of carbonyl (C=O) groups is 1. The van der Waals surface area contributed by atoms with Crippen molar-refractivity contribution < 1.29 is 36.1 Å². The number of aromatic nitrogens is 1. The van der Waals surface area contributed by atoms with Gasteiger partial charge in [-0.2, -0.15) is 0 Å². The van der Waals surface area contributed by atoms with Crippen LogP contribution in [0.5, 0.6) is 0 Å². The molecule has 0 bridgehead atoms. The smallest absolute Gasteiger partial charge is 1.00 e. The van der Waals surface area contributed by atoms with E-state index in [0.29, 0.717) is 11.7 Å². The molecule has 1 fully saturated rings. The predicted molar refractivity (Wildman–Crippen MR) is 100 cm³/mol. The number of nitrogens with zero attached hydrogens (tertiary/aromatic N) is 2. The van der Waals surface area contributed by atoms with Gasteiger partial charge in [0.2, 0.25) is 0 Å². The van der Waals surface area contributed by atoms with E-state index in [0.717, 1.165) is 37.1 Å². The van der Waals surface area contributed by atoms with Crippen LogP contribution in [0.3, 0.4) is 0 Å². The van der Waals surface area contributed by atoms with Crippen LogP contribution in [0.15, 0.2) is 42.5 Å². The van der Waals surface area contributed by atoms with Crippen molar-refractivity contribution in [2.24, 2.45) is 11.8 Å². The van der Waals surface area contributed by atoms with Crippen LogP contribution in [0.4, 0.5) is 5.69 Å². The van der Waals surface area contributed by atoms with Crippen molar-refractivity contribution in [1.29, 1.82) is 0 Å². The Morgan fingerprint density at radius 3 is 2.54 bits per heavy atom. The number of para-hydroxylation sites is 1. The topological polar surface area (TPSA) is 33.2 Å². The molecule has 0 radical (unpaired) electrons. The molecule has 3 nitrogen and oxygen atoms in total. The Bertz CT molecular complexity index is 768. The van der Waals surface area contributed by atoms with Crippen molar-refractivity contribution in [3.8, 4) is 0 Å². The molecule has 0 amide bonds. The molecule has 1 aromatic heterocycles. The van der Waals surface area contributed by atoms with Gasteiger partial charge < -0.3 is 17.3 Å². The van der Waals surface area contributed by atoms with E-state index in [1.807, 2.05) is 19.1 Å². The summed E-state index contributed by atoms with van der Waals surface area (Å²) >= 11 is 0. The second-order valence-corrected chi connectivity index (χ2v) is 7.07. The number of pyridine rings is 1. The van der Waals surface area contributed by atoms with E-state index < -0.39 is 0 Å². The fraction of sp³-hybridized carbons (Fsp3) is 0.429. The molecule has 1 aromatic carbocycles. The molecule has 1 aliphatic heterocycles. The molecule has 0 spiro atoms.